The van der Waals surface area contributed by atoms with Crippen molar-refractivity contribution in [3.63, 3.8) is 0 Å². The fourth-order valence-electron chi connectivity index (χ4n) is 5.40. The molecule has 198 valence electrons. The lowest BCUT2D eigenvalue weighted by molar-refractivity contribution is 0.519. The molecule has 3 aromatic heterocycles. The number of rotatable bonds is 9. The second kappa shape index (κ2) is 9.44. The van der Waals surface area contributed by atoms with Gasteiger partial charge in [-0.15, -0.1) is 10.2 Å². The topological polar surface area (TPSA) is 116 Å². The minimum atomic E-state index is -0.216. The van der Waals surface area contributed by atoms with Crippen molar-refractivity contribution in [2.75, 3.05) is 0 Å². The van der Waals surface area contributed by atoms with Crippen LogP contribution in [0.15, 0.2) is 58.1 Å². The number of nitrogens with one attached hydrogen (secondary N) is 1. The molecule has 10 heteroatoms. The van der Waals surface area contributed by atoms with Crippen molar-refractivity contribution < 1.29 is 0 Å². The van der Waals surface area contributed by atoms with Gasteiger partial charge in [-0.05, 0) is 59.4 Å². The first-order valence-corrected chi connectivity index (χ1v) is 13.8. The average Bonchev–Trinajstić information content (AvgIpc) is 3.88. The minimum Gasteiger partial charge on any atom is -0.318 e. The molecule has 5 aromatic rings. The van der Waals surface area contributed by atoms with Gasteiger partial charge in [0.15, 0.2) is 11.2 Å². The third-order valence-corrected chi connectivity index (χ3v) is 7.90. The van der Waals surface area contributed by atoms with Crippen LogP contribution in [0.3, 0.4) is 0 Å². The summed E-state index contributed by atoms with van der Waals surface area (Å²) in [6.45, 7) is 3.68. The van der Waals surface area contributed by atoms with Crippen LogP contribution in [0.1, 0.15) is 44.0 Å². The third kappa shape index (κ3) is 4.39. The van der Waals surface area contributed by atoms with Gasteiger partial charge in [-0.1, -0.05) is 55.5 Å². The van der Waals surface area contributed by atoms with E-state index in [1.54, 1.807) is 4.57 Å². The summed E-state index contributed by atoms with van der Waals surface area (Å²) in [7, 11) is 0. The molecular weight excluding hydrogens is 492 g/mol. The highest BCUT2D eigenvalue weighted by Gasteiger charge is 2.29. The average molecular weight is 523 g/mol. The molecule has 10 nitrogen and oxygen atoms in total. The molecule has 2 aliphatic rings. The number of benzene rings is 2. The van der Waals surface area contributed by atoms with Crippen LogP contribution in [0.25, 0.3) is 33.7 Å². The Morgan fingerprint density at radius 3 is 2.21 bits per heavy atom. The Balaban J connectivity index is 1.29. The van der Waals surface area contributed by atoms with E-state index in [0.29, 0.717) is 54.9 Å². The lowest BCUT2D eigenvalue weighted by atomic mass is 9.98. The molecule has 0 saturated heterocycles. The first-order chi connectivity index (χ1) is 19.1. The zero-order valence-electron chi connectivity index (χ0n) is 21.9. The highest BCUT2D eigenvalue weighted by molar-refractivity contribution is 5.80. The van der Waals surface area contributed by atoms with Crippen LogP contribution in [0.5, 0.6) is 0 Å². The predicted molar refractivity (Wildman–Crippen MR) is 147 cm³/mol. The van der Waals surface area contributed by atoms with E-state index in [2.05, 4.69) is 44.9 Å². The molecule has 7 rings (SSSR count). The van der Waals surface area contributed by atoms with Crippen LogP contribution in [-0.4, -0.2) is 39.3 Å². The molecule has 0 unspecified atom stereocenters. The first kappa shape index (κ1) is 23.8. The van der Waals surface area contributed by atoms with Gasteiger partial charge >= 0.3 is 5.69 Å². The summed E-state index contributed by atoms with van der Waals surface area (Å²) in [5.41, 5.74) is 4.66. The third-order valence-electron chi connectivity index (χ3n) is 7.90. The number of nitrogens with zero attached hydrogens (tertiary/aromatic N) is 7. The van der Waals surface area contributed by atoms with Crippen LogP contribution in [-0.2, 0) is 26.1 Å². The van der Waals surface area contributed by atoms with Gasteiger partial charge in [0.1, 0.15) is 5.82 Å². The van der Waals surface area contributed by atoms with E-state index in [1.807, 2.05) is 35.8 Å². The summed E-state index contributed by atoms with van der Waals surface area (Å²) < 4.78 is 5.26. The molecule has 0 radical (unpaired) electrons. The number of hydrogen-bond donors (Lipinski definition) is 1. The molecule has 0 amide bonds. The summed E-state index contributed by atoms with van der Waals surface area (Å²) in [5, 5.41) is 14.5. The van der Waals surface area contributed by atoms with E-state index in [4.69, 9.17) is 4.98 Å². The molecule has 0 atom stereocenters. The van der Waals surface area contributed by atoms with E-state index < -0.39 is 0 Å². The number of aromatic amines is 1. The lowest BCUT2D eigenvalue weighted by Crippen LogP contribution is -2.41. The summed E-state index contributed by atoms with van der Waals surface area (Å²) in [4.78, 5) is 32.1. The maximum absolute atomic E-state index is 13.8. The minimum absolute atomic E-state index is 0.205. The second-order valence-electron chi connectivity index (χ2n) is 10.8. The maximum Gasteiger partial charge on any atom is 0.332 e. The SMILES string of the molecule is CCc1nc2c(c(=O)n(CC3CC3)c(=O)n2CC2CC2)n1Cc1ccc(-c2ccccc2-c2nn[nH]n2)cc1. The number of fused-ring (bicyclic) bond motifs is 1. The van der Waals surface area contributed by atoms with Gasteiger partial charge in [0, 0.05) is 31.6 Å². The van der Waals surface area contributed by atoms with Crippen LogP contribution in [0, 0.1) is 11.8 Å². The molecule has 0 aliphatic heterocycles. The van der Waals surface area contributed by atoms with Gasteiger partial charge < -0.3 is 4.57 Å². The highest BCUT2D eigenvalue weighted by Crippen LogP contribution is 2.33. The number of aromatic nitrogens is 8. The van der Waals surface area contributed by atoms with E-state index in [1.165, 1.54) is 4.57 Å². The highest BCUT2D eigenvalue weighted by atomic mass is 16.2. The van der Waals surface area contributed by atoms with Crippen molar-refractivity contribution >= 4 is 11.2 Å². The summed E-state index contributed by atoms with van der Waals surface area (Å²) in [5.74, 6) is 2.29. The predicted octanol–water partition coefficient (Wildman–Crippen LogP) is 3.64. The summed E-state index contributed by atoms with van der Waals surface area (Å²) >= 11 is 0. The van der Waals surface area contributed by atoms with Gasteiger partial charge in [-0.25, -0.2) is 9.78 Å². The van der Waals surface area contributed by atoms with E-state index >= 15 is 0 Å². The molecule has 0 spiro atoms. The molecule has 2 saturated carbocycles. The second-order valence-corrected chi connectivity index (χ2v) is 10.8. The fourth-order valence-corrected chi connectivity index (χ4v) is 5.40. The summed E-state index contributed by atoms with van der Waals surface area (Å²) in [6, 6.07) is 16.3. The Bertz CT molecular complexity index is 1770. The van der Waals surface area contributed by atoms with E-state index in [-0.39, 0.29) is 11.2 Å². The van der Waals surface area contributed by atoms with Crippen LogP contribution in [0.2, 0.25) is 0 Å². The van der Waals surface area contributed by atoms with Gasteiger partial charge in [0.25, 0.3) is 5.56 Å². The molecule has 39 heavy (non-hydrogen) atoms. The van der Waals surface area contributed by atoms with E-state index in [0.717, 1.165) is 53.8 Å². The first-order valence-electron chi connectivity index (χ1n) is 13.8. The molecule has 2 aromatic carbocycles. The number of H-pyrrole nitrogens is 1. The Labute approximate surface area is 224 Å². The monoisotopic (exact) mass is 522 g/mol. The Morgan fingerprint density at radius 1 is 0.872 bits per heavy atom. The Morgan fingerprint density at radius 2 is 1.56 bits per heavy atom. The standard InChI is InChI=1S/C29H30N8O2/c1-2-24-30-27-25(28(38)37(17-19-9-10-19)29(39)36(27)16-18-7-8-18)35(24)15-20-11-13-21(14-12-20)22-5-3-4-6-23(22)26-31-33-34-32-26/h3-6,11-14,18-19H,2,7-10,15-17H2,1H3,(H,31,32,33,34). The molecular formula is C29H30N8O2. The van der Waals surface area contributed by atoms with Crippen LogP contribution >= 0.6 is 0 Å². The molecule has 0 bridgehead atoms. The number of hydrogen-bond acceptors (Lipinski definition) is 6. The fraction of sp³-hybridized carbons (Fsp3) is 0.379. The summed E-state index contributed by atoms with van der Waals surface area (Å²) in [6.07, 6.45) is 5.07. The molecule has 3 heterocycles. The van der Waals surface area contributed by atoms with Crippen molar-refractivity contribution in [1.82, 2.24) is 39.3 Å². The maximum atomic E-state index is 13.8. The molecule has 1 N–H and O–H groups in total. The Kier molecular flexibility index (Phi) is 5.75. The Hall–Kier alpha value is -4.34. The lowest BCUT2D eigenvalue weighted by Gasteiger charge is -2.13. The van der Waals surface area contributed by atoms with Gasteiger partial charge in [-0.2, -0.15) is 5.21 Å². The zero-order valence-corrected chi connectivity index (χ0v) is 21.9. The quantitative estimate of drug-likeness (QED) is 0.316. The number of imidazole rings is 1. The number of tetrazole rings is 1. The van der Waals surface area contributed by atoms with Gasteiger partial charge in [-0.3, -0.25) is 13.9 Å². The van der Waals surface area contributed by atoms with Crippen LogP contribution in [0.4, 0.5) is 0 Å². The molecule has 2 aliphatic carbocycles. The van der Waals surface area contributed by atoms with Crippen molar-refractivity contribution in [3.8, 4) is 22.5 Å². The van der Waals surface area contributed by atoms with Crippen molar-refractivity contribution in [2.45, 2.75) is 58.7 Å². The van der Waals surface area contributed by atoms with Gasteiger partial charge in [0.2, 0.25) is 5.82 Å². The van der Waals surface area contributed by atoms with Gasteiger partial charge in [0.05, 0.1) is 0 Å². The number of aryl methyl sites for hydroxylation is 1. The van der Waals surface area contributed by atoms with Crippen molar-refractivity contribution in [1.29, 1.82) is 0 Å². The smallest absolute Gasteiger partial charge is 0.318 e. The zero-order chi connectivity index (χ0) is 26.5. The largest absolute Gasteiger partial charge is 0.332 e. The molecule has 2 fully saturated rings. The van der Waals surface area contributed by atoms with Crippen molar-refractivity contribution in [3.05, 3.63) is 80.8 Å². The van der Waals surface area contributed by atoms with Crippen LogP contribution < -0.4 is 11.2 Å². The van der Waals surface area contributed by atoms with E-state index in [9.17, 15) is 9.59 Å². The van der Waals surface area contributed by atoms with Crippen molar-refractivity contribution in [2.24, 2.45) is 11.8 Å². The normalized spacial score (nSPS) is 15.3.